The highest BCUT2D eigenvalue weighted by Crippen LogP contribution is 2.31. The van der Waals surface area contributed by atoms with Crippen LogP contribution in [0.3, 0.4) is 0 Å². The van der Waals surface area contributed by atoms with Crippen molar-refractivity contribution in [3.63, 3.8) is 0 Å². The van der Waals surface area contributed by atoms with Gasteiger partial charge in [-0.15, -0.1) is 0 Å². The van der Waals surface area contributed by atoms with Gasteiger partial charge in [-0.1, -0.05) is 43.7 Å². The number of benzene rings is 2. The van der Waals surface area contributed by atoms with Crippen LogP contribution in [0.1, 0.15) is 42.6 Å². The second-order valence-electron chi connectivity index (χ2n) is 8.57. The Bertz CT molecular complexity index is 1250. The molecule has 0 saturated carbocycles. The van der Waals surface area contributed by atoms with E-state index in [2.05, 4.69) is 30.0 Å². The molecule has 0 unspecified atom stereocenters. The number of rotatable bonds is 8. The summed E-state index contributed by atoms with van der Waals surface area (Å²) in [4.78, 5) is 22.2. The molecule has 1 amide bonds. The fourth-order valence-electron chi connectivity index (χ4n) is 4.19. The van der Waals surface area contributed by atoms with Crippen LogP contribution in [0.2, 0.25) is 0 Å². The minimum atomic E-state index is -3.55. The van der Waals surface area contributed by atoms with Crippen LogP contribution < -0.4 is 4.90 Å². The second-order valence-corrected chi connectivity index (χ2v) is 11.5. The maximum absolute atomic E-state index is 13.1. The third-order valence-corrected chi connectivity index (χ3v) is 9.37. The molecule has 182 valence electrons. The summed E-state index contributed by atoms with van der Waals surface area (Å²) in [5.74, 6) is -0.0675. The smallest absolute Gasteiger partial charge is 0.253 e. The summed E-state index contributed by atoms with van der Waals surface area (Å²) < 4.78 is 28.5. The molecule has 34 heavy (non-hydrogen) atoms. The van der Waals surface area contributed by atoms with Gasteiger partial charge in [0.2, 0.25) is 10.0 Å². The zero-order valence-corrected chi connectivity index (χ0v) is 21.7. The van der Waals surface area contributed by atoms with Gasteiger partial charge in [-0.2, -0.15) is 4.31 Å². The van der Waals surface area contributed by atoms with E-state index in [9.17, 15) is 13.2 Å². The third-order valence-electron chi connectivity index (χ3n) is 6.30. The highest BCUT2D eigenvalue weighted by atomic mass is 32.2. The molecule has 1 aromatic heterocycles. The molecule has 0 aliphatic carbocycles. The summed E-state index contributed by atoms with van der Waals surface area (Å²) in [5, 5.41) is 0.995. The van der Waals surface area contributed by atoms with Crippen LogP contribution in [0.15, 0.2) is 47.4 Å². The van der Waals surface area contributed by atoms with Crippen LogP contribution >= 0.6 is 11.3 Å². The number of aromatic nitrogens is 1. The highest BCUT2D eigenvalue weighted by molar-refractivity contribution is 7.89. The van der Waals surface area contributed by atoms with Gasteiger partial charge in [0.05, 0.1) is 15.1 Å². The average Bonchev–Trinajstić information content (AvgIpc) is 3.30. The van der Waals surface area contributed by atoms with Gasteiger partial charge in [-0.25, -0.2) is 13.4 Å². The Labute approximate surface area is 206 Å². The molecule has 0 bridgehead atoms. The number of carbonyl (C=O) groups excluding carboxylic acids is 1. The second kappa shape index (κ2) is 10.4. The van der Waals surface area contributed by atoms with Crippen LogP contribution in [0.4, 0.5) is 5.13 Å². The quantitative estimate of drug-likeness (QED) is 0.459. The van der Waals surface area contributed by atoms with Crippen LogP contribution in [0, 0.1) is 6.92 Å². The topological polar surface area (TPSA) is 73.8 Å². The number of sulfonamides is 1. The number of piperazine rings is 1. The first-order valence-corrected chi connectivity index (χ1v) is 14.1. The van der Waals surface area contributed by atoms with Crippen molar-refractivity contribution in [1.29, 1.82) is 0 Å². The number of hydrogen-bond acceptors (Lipinski definition) is 6. The van der Waals surface area contributed by atoms with Gasteiger partial charge in [-0.05, 0) is 49.2 Å². The van der Waals surface area contributed by atoms with E-state index in [1.54, 1.807) is 35.6 Å². The maximum atomic E-state index is 13.1. The van der Waals surface area contributed by atoms with E-state index >= 15 is 0 Å². The third kappa shape index (κ3) is 4.96. The van der Waals surface area contributed by atoms with Crippen molar-refractivity contribution >= 4 is 42.6 Å². The number of hydrogen-bond donors (Lipinski definition) is 0. The average molecular weight is 501 g/mol. The lowest BCUT2D eigenvalue weighted by atomic mass is 10.2. The molecule has 2 aromatic carbocycles. The van der Waals surface area contributed by atoms with E-state index < -0.39 is 10.0 Å². The molecular formula is C25H32N4O3S2. The fourth-order valence-corrected chi connectivity index (χ4v) is 6.78. The molecule has 1 saturated heterocycles. The summed E-state index contributed by atoms with van der Waals surface area (Å²) in [6.07, 6.45) is 1.76. The van der Waals surface area contributed by atoms with Gasteiger partial charge >= 0.3 is 0 Å². The largest absolute Gasteiger partial charge is 0.345 e. The van der Waals surface area contributed by atoms with Crippen LogP contribution in [-0.4, -0.2) is 67.8 Å². The van der Waals surface area contributed by atoms with Gasteiger partial charge < -0.3 is 9.80 Å². The lowest BCUT2D eigenvalue weighted by molar-refractivity contribution is 0.0746. The minimum absolute atomic E-state index is 0.0675. The van der Waals surface area contributed by atoms with Crippen LogP contribution in [0.25, 0.3) is 10.2 Å². The first-order chi connectivity index (χ1) is 16.3. The zero-order valence-electron chi connectivity index (χ0n) is 20.0. The minimum Gasteiger partial charge on any atom is -0.345 e. The normalized spacial score (nSPS) is 14.8. The van der Waals surface area contributed by atoms with E-state index in [4.69, 9.17) is 4.98 Å². The number of unbranched alkanes of at least 4 members (excludes halogenated alkanes) is 1. The molecule has 2 heterocycles. The number of para-hydroxylation sites is 1. The Morgan fingerprint density at radius 1 is 1.06 bits per heavy atom. The van der Waals surface area contributed by atoms with Gasteiger partial charge in [0, 0.05) is 44.8 Å². The summed E-state index contributed by atoms with van der Waals surface area (Å²) in [6.45, 7) is 9.56. The molecule has 0 spiro atoms. The number of aryl methyl sites for hydroxylation is 1. The number of thiazole rings is 1. The lowest BCUT2D eigenvalue weighted by Crippen LogP contribution is -2.48. The molecule has 7 nitrogen and oxygen atoms in total. The molecule has 0 N–H and O–H groups in total. The molecular weight excluding hydrogens is 468 g/mol. The molecule has 3 aromatic rings. The fraction of sp³-hybridized carbons (Fsp3) is 0.440. The number of fused-ring (bicyclic) bond motifs is 1. The van der Waals surface area contributed by atoms with Gasteiger partial charge in [0.1, 0.15) is 0 Å². The van der Waals surface area contributed by atoms with Crippen molar-refractivity contribution in [1.82, 2.24) is 14.2 Å². The van der Waals surface area contributed by atoms with E-state index in [0.717, 1.165) is 36.6 Å². The molecule has 1 fully saturated rings. The number of carbonyl (C=O) groups is 1. The molecule has 0 atom stereocenters. The van der Waals surface area contributed by atoms with E-state index in [1.165, 1.54) is 14.6 Å². The van der Waals surface area contributed by atoms with E-state index in [-0.39, 0.29) is 10.8 Å². The van der Waals surface area contributed by atoms with Gasteiger partial charge in [0.15, 0.2) is 5.13 Å². The van der Waals surface area contributed by atoms with Crippen molar-refractivity contribution < 1.29 is 13.2 Å². The SMILES string of the molecule is CCCCN(CC)S(=O)(=O)c1ccc(C(=O)N2CCN(c3nc4c(C)cccc4s3)CC2)cc1. The summed E-state index contributed by atoms with van der Waals surface area (Å²) >= 11 is 1.69. The van der Waals surface area contributed by atoms with Gasteiger partial charge in [-0.3, -0.25) is 4.79 Å². The molecule has 9 heteroatoms. The summed E-state index contributed by atoms with van der Waals surface area (Å²) in [5.41, 5.74) is 2.73. The Hall–Kier alpha value is -2.49. The Kier molecular flexibility index (Phi) is 7.54. The van der Waals surface area contributed by atoms with E-state index in [1.807, 2.05) is 18.7 Å². The predicted octanol–water partition coefficient (Wildman–Crippen LogP) is 4.38. The molecule has 1 aliphatic rings. The standard InChI is InChI=1S/C25H32N4O3S2/c1-4-6-14-29(5-2)34(31,32)21-12-10-20(11-13-21)24(30)27-15-17-28(18-16-27)25-26-23-19(3)8-7-9-22(23)33-25/h7-13H,4-6,14-18H2,1-3H3. The predicted molar refractivity (Wildman–Crippen MR) is 138 cm³/mol. The highest BCUT2D eigenvalue weighted by Gasteiger charge is 2.26. The molecule has 4 rings (SSSR count). The Morgan fingerprint density at radius 2 is 1.76 bits per heavy atom. The monoisotopic (exact) mass is 500 g/mol. The van der Waals surface area contributed by atoms with Crippen molar-refractivity contribution in [2.45, 2.75) is 38.5 Å². The van der Waals surface area contributed by atoms with Crippen LogP contribution in [0.5, 0.6) is 0 Å². The summed E-state index contributed by atoms with van der Waals surface area (Å²) in [6, 6.07) is 12.6. The zero-order chi connectivity index (χ0) is 24.3. The molecule has 0 radical (unpaired) electrons. The Balaban J connectivity index is 1.40. The first kappa shape index (κ1) is 24.6. The van der Waals surface area contributed by atoms with Crippen molar-refractivity contribution in [3.05, 3.63) is 53.6 Å². The lowest BCUT2D eigenvalue weighted by Gasteiger charge is -2.34. The number of amides is 1. The first-order valence-electron chi connectivity index (χ1n) is 11.9. The van der Waals surface area contributed by atoms with Crippen molar-refractivity contribution in [2.75, 3.05) is 44.2 Å². The Morgan fingerprint density at radius 3 is 2.38 bits per heavy atom. The summed E-state index contributed by atoms with van der Waals surface area (Å²) in [7, 11) is -3.55. The van der Waals surface area contributed by atoms with E-state index in [0.29, 0.717) is 31.7 Å². The van der Waals surface area contributed by atoms with Gasteiger partial charge in [0.25, 0.3) is 5.91 Å². The van der Waals surface area contributed by atoms with Crippen molar-refractivity contribution in [3.8, 4) is 0 Å². The molecule has 1 aliphatic heterocycles. The maximum Gasteiger partial charge on any atom is 0.253 e. The van der Waals surface area contributed by atoms with Crippen LogP contribution in [-0.2, 0) is 10.0 Å². The number of anilines is 1. The number of nitrogens with zero attached hydrogens (tertiary/aromatic N) is 4. The van der Waals surface area contributed by atoms with Crippen molar-refractivity contribution in [2.24, 2.45) is 0 Å².